The summed E-state index contributed by atoms with van der Waals surface area (Å²) in [5.41, 5.74) is 0.785. The van der Waals surface area contributed by atoms with Crippen LogP contribution in [0.3, 0.4) is 0 Å². The molecule has 1 heterocycles. The molecule has 5 nitrogen and oxygen atoms in total. The van der Waals surface area contributed by atoms with Gasteiger partial charge in [-0.1, -0.05) is 6.07 Å². The predicted molar refractivity (Wildman–Crippen MR) is 87.9 cm³/mol. The van der Waals surface area contributed by atoms with Gasteiger partial charge < -0.3 is 15.4 Å². The van der Waals surface area contributed by atoms with Gasteiger partial charge in [0.1, 0.15) is 6.04 Å². The minimum atomic E-state index is -0.441. The molecule has 0 aliphatic carbocycles. The first-order chi connectivity index (χ1) is 11.1. The van der Waals surface area contributed by atoms with Crippen LogP contribution in [0.5, 0.6) is 5.75 Å². The Hall–Kier alpha value is -1.76. The summed E-state index contributed by atoms with van der Waals surface area (Å²) in [6.07, 6.45) is 2.53. The maximum atomic E-state index is 13.6. The zero-order valence-electron chi connectivity index (χ0n) is 13.1. The largest absolute Gasteiger partial charge is 0.494 e. The van der Waals surface area contributed by atoms with Crippen LogP contribution >= 0.6 is 11.8 Å². The molecular formula is C16H21FN2O3S. The van der Waals surface area contributed by atoms with E-state index in [-0.39, 0.29) is 23.3 Å². The van der Waals surface area contributed by atoms with Gasteiger partial charge in [0.05, 0.1) is 12.9 Å². The number of carbonyl (C=O) groups is 2. The van der Waals surface area contributed by atoms with E-state index < -0.39 is 11.9 Å². The summed E-state index contributed by atoms with van der Waals surface area (Å²) >= 11 is 1.38. The van der Waals surface area contributed by atoms with Crippen molar-refractivity contribution in [2.24, 2.45) is 0 Å². The van der Waals surface area contributed by atoms with Gasteiger partial charge in [0.15, 0.2) is 11.6 Å². The van der Waals surface area contributed by atoms with Crippen molar-refractivity contribution >= 4 is 23.6 Å². The molecule has 23 heavy (non-hydrogen) atoms. The van der Waals surface area contributed by atoms with Crippen LogP contribution in [0.15, 0.2) is 18.2 Å². The number of hydrogen-bond donors (Lipinski definition) is 2. The molecule has 1 atom stereocenters. The van der Waals surface area contributed by atoms with Crippen molar-refractivity contribution < 1.29 is 18.7 Å². The topological polar surface area (TPSA) is 67.4 Å². The Morgan fingerprint density at radius 2 is 2.30 bits per heavy atom. The van der Waals surface area contributed by atoms with Crippen LogP contribution in [0.25, 0.3) is 0 Å². The van der Waals surface area contributed by atoms with Crippen molar-refractivity contribution in [3.63, 3.8) is 0 Å². The van der Waals surface area contributed by atoms with E-state index in [1.165, 1.54) is 24.9 Å². The summed E-state index contributed by atoms with van der Waals surface area (Å²) in [6.45, 7) is 0.670. The van der Waals surface area contributed by atoms with Gasteiger partial charge in [0.25, 0.3) is 0 Å². The van der Waals surface area contributed by atoms with Crippen LogP contribution in [0.4, 0.5) is 4.39 Å². The fraction of sp³-hybridized carbons (Fsp3) is 0.500. The Balaban J connectivity index is 1.76. The van der Waals surface area contributed by atoms with Crippen molar-refractivity contribution in [3.05, 3.63) is 29.6 Å². The second-order valence-electron chi connectivity index (χ2n) is 5.37. The van der Waals surface area contributed by atoms with Crippen LogP contribution < -0.4 is 15.4 Å². The molecule has 2 amide bonds. The van der Waals surface area contributed by atoms with Crippen molar-refractivity contribution in [3.8, 4) is 5.75 Å². The fourth-order valence-corrected chi connectivity index (χ4v) is 3.16. The van der Waals surface area contributed by atoms with Crippen molar-refractivity contribution in [2.45, 2.75) is 31.1 Å². The van der Waals surface area contributed by atoms with Crippen LogP contribution in [-0.4, -0.2) is 37.3 Å². The number of benzene rings is 1. The molecule has 0 aromatic heterocycles. The van der Waals surface area contributed by atoms with Gasteiger partial charge in [-0.15, -0.1) is 11.8 Å². The number of methoxy groups -OCH3 is 1. The first kappa shape index (κ1) is 17.6. The van der Waals surface area contributed by atoms with Gasteiger partial charge in [-0.3, -0.25) is 9.59 Å². The van der Waals surface area contributed by atoms with E-state index in [4.69, 9.17) is 4.74 Å². The Morgan fingerprint density at radius 1 is 1.48 bits per heavy atom. The number of thioether (sulfide) groups is 1. The lowest BCUT2D eigenvalue weighted by molar-refractivity contribution is -0.127. The van der Waals surface area contributed by atoms with E-state index in [2.05, 4.69) is 10.6 Å². The molecule has 0 spiro atoms. The number of halogens is 1. The Kier molecular flexibility index (Phi) is 6.70. The average molecular weight is 340 g/mol. The highest BCUT2D eigenvalue weighted by Crippen LogP contribution is 2.20. The van der Waals surface area contributed by atoms with E-state index in [9.17, 15) is 14.0 Å². The summed E-state index contributed by atoms with van der Waals surface area (Å²) in [7, 11) is 1.42. The fourth-order valence-electron chi connectivity index (χ4n) is 2.37. The lowest BCUT2D eigenvalue weighted by atomic mass is 10.1. The summed E-state index contributed by atoms with van der Waals surface area (Å²) in [6, 6.07) is 4.30. The van der Waals surface area contributed by atoms with E-state index in [0.29, 0.717) is 18.7 Å². The van der Waals surface area contributed by atoms with Gasteiger partial charge in [-0.25, -0.2) is 4.39 Å². The predicted octanol–water partition coefficient (Wildman–Crippen LogP) is 1.85. The number of rotatable bonds is 6. The molecule has 2 N–H and O–H groups in total. The number of carbonyl (C=O) groups excluding carboxylic acids is 2. The zero-order valence-corrected chi connectivity index (χ0v) is 13.9. The van der Waals surface area contributed by atoms with Crippen molar-refractivity contribution in [1.29, 1.82) is 0 Å². The van der Waals surface area contributed by atoms with Crippen LogP contribution in [0.2, 0.25) is 0 Å². The summed E-state index contributed by atoms with van der Waals surface area (Å²) in [5.74, 6) is 0.257. The maximum Gasteiger partial charge on any atom is 0.242 e. The Bertz CT molecular complexity index is 568. The van der Waals surface area contributed by atoms with Gasteiger partial charge >= 0.3 is 0 Å². The van der Waals surface area contributed by atoms with Crippen molar-refractivity contribution in [2.75, 3.05) is 19.4 Å². The summed E-state index contributed by atoms with van der Waals surface area (Å²) < 4.78 is 18.4. The number of ether oxygens (including phenoxy) is 1. The smallest absolute Gasteiger partial charge is 0.242 e. The third-order valence-corrected chi connectivity index (χ3v) is 4.59. The number of amides is 2. The maximum absolute atomic E-state index is 13.6. The molecule has 1 saturated heterocycles. The van der Waals surface area contributed by atoms with Crippen molar-refractivity contribution in [1.82, 2.24) is 10.6 Å². The normalized spacial score (nSPS) is 18.0. The highest BCUT2D eigenvalue weighted by molar-refractivity contribution is 7.99. The van der Waals surface area contributed by atoms with E-state index in [0.717, 1.165) is 18.4 Å². The molecule has 1 unspecified atom stereocenters. The van der Waals surface area contributed by atoms with E-state index in [1.54, 1.807) is 12.1 Å². The Morgan fingerprint density at radius 3 is 3.04 bits per heavy atom. The average Bonchev–Trinajstić information content (AvgIpc) is 2.72. The molecule has 0 radical (unpaired) electrons. The molecule has 2 rings (SSSR count). The SMILES string of the molecule is COc1ccc(CSCC(=O)NC2CCCCNC2=O)cc1F. The molecular weight excluding hydrogens is 319 g/mol. The lowest BCUT2D eigenvalue weighted by Crippen LogP contribution is -2.46. The molecule has 7 heteroatoms. The van der Waals surface area contributed by atoms with Gasteiger partial charge in [-0.05, 0) is 37.0 Å². The Labute approximate surface area is 139 Å². The summed E-state index contributed by atoms with van der Waals surface area (Å²) in [5, 5.41) is 5.54. The van der Waals surface area contributed by atoms with Crippen LogP contribution in [0.1, 0.15) is 24.8 Å². The lowest BCUT2D eigenvalue weighted by Gasteiger charge is -2.15. The second-order valence-corrected chi connectivity index (χ2v) is 6.35. The summed E-state index contributed by atoms with van der Waals surface area (Å²) in [4.78, 5) is 23.7. The molecule has 1 aromatic carbocycles. The highest BCUT2D eigenvalue weighted by atomic mass is 32.2. The third kappa shape index (κ3) is 5.42. The monoisotopic (exact) mass is 340 g/mol. The first-order valence-electron chi connectivity index (χ1n) is 7.57. The molecule has 126 valence electrons. The van der Waals surface area contributed by atoms with E-state index >= 15 is 0 Å². The number of hydrogen-bond acceptors (Lipinski definition) is 4. The number of nitrogens with one attached hydrogen (secondary N) is 2. The van der Waals surface area contributed by atoms with Gasteiger partial charge in [0, 0.05) is 12.3 Å². The standard InChI is InChI=1S/C16H21FN2O3S/c1-22-14-6-5-11(8-12(14)17)9-23-10-15(20)19-13-4-2-3-7-18-16(13)21/h5-6,8,13H,2-4,7,9-10H2,1H3,(H,18,21)(H,19,20). The minimum Gasteiger partial charge on any atom is -0.494 e. The quantitative estimate of drug-likeness (QED) is 0.829. The molecule has 1 fully saturated rings. The second kappa shape index (κ2) is 8.76. The van der Waals surface area contributed by atoms with E-state index in [1.807, 2.05) is 0 Å². The molecule has 0 saturated carbocycles. The third-order valence-electron chi connectivity index (χ3n) is 3.59. The highest BCUT2D eigenvalue weighted by Gasteiger charge is 2.22. The molecule has 1 aliphatic heterocycles. The molecule has 0 bridgehead atoms. The van der Waals surface area contributed by atoms with Crippen LogP contribution in [-0.2, 0) is 15.3 Å². The van der Waals surface area contributed by atoms with Crippen LogP contribution in [0, 0.1) is 5.82 Å². The van der Waals surface area contributed by atoms with Gasteiger partial charge in [0.2, 0.25) is 11.8 Å². The molecule has 1 aromatic rings. The zero-order chi connectivity index (χ0) is 16.7. The minimum absolute atomic E-state index is 0.113. The molecule has 1 aliphatic rings. The first-order valence-corrected chi connectivity index (χ1v) is 8.73. The van der Waals surface area contributed by atoms with Gasteiger partial charge in [-0.2, -0.15) is 0 Å².